The van der Waals surface area contributed by atoms with Crippen molar-refractivity contribution in [1.29, 1.82) is 10.8 Å². The first kappa shape index (κ1) is 35.6. The Morgan fingerprint density at radius 3 is 1.88 bits per heavy atom. The van der Waals surface area contributed by atoms with Crippen molar-refractivity contribution in [2.45, 2.75) is 12.8 Å². The number of fused-ring (bicyclic) bond motifs is 1. The molecule has 272 valence electrons. The zero-order valence-corrected chi connectivity index (χ0v) is 31.0. The summed E-state index contributed by atoms with van der Waals surface area (Å²) in [6.45, 7) is 4.44. The van der Waals surface area contributed by atoms with Gasteiger partial charge in [-0.25, -0.2) is 0 Å². The summed E-state index contributed by atoms with van der Waals surface area (Å²) in [5.74, 6) is 0. The van der Waals surface area contributed by atoms with Crippen molar-refractivity contribution in [3.63, 3.8) is 0 Å². The van der Waals surface area contributed by atoms with Crippen LogP contribution in [0.15, 0.2) is 200 Å². The van der Waals surface area contributed by atoms with Crippen LogP contribution < -0.4 is 9.80 Å². The van der Waals surface area contributed by atoms with E-state index < -0.39 is 0 Å². The quantitative estimate of drug-likeness (QED) is 0.123. The molecule has 2 N–H and O–H groups in total. The Kier molecular flexibility index (Phi) is 10.4. The van der Waals surface area contributed by atoms with E-state index in [1.165, 1.54) is 0 Å². The molecule has 8 rings (SSSR count). The number of hydrogen-bond donors (Lipinski definition) is 2. The van der Waals surface area contributed by atoms with Crippen molar-refractivity contribution < 1.29 is 0 Å². The second-order valence-electron chi connectivity index (χ2n) is 13.5. The number of benzene rings is 6. The number of hydrogen-bond acceptors (Lipinski definition) is 6. The minimum Gasteiger partial charge on any atom is -0.338 e. The number of nitrogens with zero attached hydrogens (tertiary/aromatic N) is 5. The highest BCUT2D eigenvalue weighted by Crippen LogP contribution is 2.36. The van der Waals surface area contributed by atoms with Gasteiger partial charge in [0.15, 0.2) is 0 Å². The summed E-state index contributed by atoms with van der Waals surface area (Å²) >= 11 is 0. The molecule has 0 saturated heterocycles. The maximum absolute atomic E-state index is 8.31. The maximum Gasteiger partial charge on any atom is 0.115 e. The molecule has 0 amide bonds. The van der Waals surface area contributed by atoms with E-state index in [1.54, 1.807) is 10.9 Å². The van der Waals surface area contributed by atoms with Gasteiger partial charge in [-0.1, -0.05) is 116 Å². The molecule has 0 saturated carbocycles. The lowest BCUT2D eigenvalue weighted by Gasteiger charge is -2.30. The highest BCUT2D eigenvalue weighted by molar-refractivity contribution is 6.45. The first-order valence-electron chi connectivity index (χ1n) is 18.7. The van der Waals surface area contributed by atoms with Crippen LogP contribution in [0, 0.1) is 10.8 Å². The van der Waals surface area contributed by atoms with Crippen LogP contribution in [-0.2, 0) is 0 Å². The van der Waals surface area contributed by atoms with Crippen LogP contribution in [0.3, 0.4) is 0 Å². The third-order valence-electron chi connectivity index (χ3n) is 9.85. The van der Waals surface area contributed by atoms with Gasteiger partial charge in [-0.15, -0.1) is 10.2 Å². The molecule has 7 heteroatoms. The Balaban J connectivity index is 1.06. The van der Waals surface area contributed by atoms with Crippen LogP contribution in [-0.4, -0.2) is 33.0 Å². The molecule has 0 spiro atoms. The first-order chi connectivity index (χ1) is 27.5. The molecular weight excluding hydrogens is 687 g/mol. The van der Waals surface area contributed by atoms with Gasteiger partial charge in [-0.2, -0.15) is 4.80 Å². The zero-order chi connectivity index (χ0) is 38.3. The molecule has 1 aromatic heterocycles. The summed E-state index contributed by atoms with van der Waals surface area (Å²) in [7, 11) is 0. The molecule has 0 atom stereocenters. The number of para-hydroxylation sites is 2. The fourth-order valence-corrected chi connectivity index (χ4v) is 6.96. The van der Waals surface area contributed by atoms with E-state index in [0.717, 1.165) is 67.4 Å². The highest BCUT2D eigenvalue weighted by Gasteiger charge is 2.21. The molecular formula is C49H41N7. The third-order valence-corrected chi connectivity index (χ3v) is 9.85. The SMILES string of the molecule is C=C/C=C\C=C/CN(c1ccc(-c2cccc(-c3ccc(N(C4=CC(=N)C(=N)CC4)c4ccccc4)cc3)c2)cc1)c1ccc2nn(-c3ccccc3)nc2c1. The summed E-state index contributed by atoms with van der Waals surface area (Å²) in [6.07, 6.45) is 13.0. The highest BCUT2D eigenvalue weighted by atomic mass is 15.5. The zero-order valence-electron chi connectivity index (χ0n) is 31.0. The minimum absolute atomic E-state index is 0.279. The molecule has 56 heavy (non-hydrogen) atoms. The van der Waals surface area contributed by atoms with Gasteiger partial charge in [0.2, 0.25) is 0 Å². The van der Waals surface area contributed by atoms with Crippen LogP contribution in [0.4, 0.5) is 22.7 Å². The van der Waals surface area contributed by atoms with Crippen molar-refractivity contribution in [3.8, 4) is 27.9 Å². The van der Waals surface area contributed by atoms with E-state index >= 15 is 0 Å². The smallest absolute Gasteiger partial charge is 0.115 e. The molecule has 7 nitrogen and oxygen atoms in total. The monoisotopic (exact) mass is 727 g/mol. The van der Waals surface area contributed by atoms with Gasteiger partial charge < -0.3 is 15.2 Å². The molecule has 0 radical (unpaired) electrons. The first-order valence-corrected chi connectivity index (χ1v) is 18.7. The van der Waals surface area contributed by atoms with E-state index in [1.807, 2.05) is 78.9 Å². The number of rotatable bonds is 12. The molecule has 1 aliphatic rings. The van der Waals surface area contributed by atoms with Crippen molar-refractivity contribution in [2.24, 2.45) is 0 Å². The van der Waals surface area contributed by atoms with E-state index in [0.29, 0.717) is 25.1 Å². The van der Waals surface area contributed by atoms with Gasteiger partial charge in [0, 0.05) is 35.0 Å². The van der Waals surface area contributed by atoms with E-state index in [-0.39, 0.29) is 5.71 Å². The maximum atomic E-state index is 8.31. The lowest BCUT2D eigenvalue weighted by molar-refractivity contribution is 0.766. The Labute approximate surface area is 327 Å². The van der Waals surface area contributed by atoms with E-state index in [9.17, 15) is 0 Å². The Morgan fingerprint density at radius 2 is 1.20 bits per heavy atom. The minimum atomic E-state index is 0.279. The van der Waals surface area contributed by atoms with Crippen molar-refractivity contribution in [2.75, 3.05) is 16.3 Å². The second kappa shape index (κ2) is 16.3. The fraction of sp³-hybridized carbons (Fsp3) is 0.0612. The number of allylic oxidation sites excluding steroid dienone is 6. The van der Waals surface area contributed by atoms with Gasteiger partial charge in [0.25, 0.3) is 0 Å². The number of aromatic nitrogens is 3. The van der Waals surface area contributed by atoms with Gasteiger partial charge >= 0.3 is 0 Å². The summed E-state index contributed by atoms with van der Waals surface area (Å²) < 4.78 is 0. The second-order valence-corrected chi connectivity index (χ2v) is 13.5. The molecule has 0 aliphatic heterocycles. The predicted molar refractivity (Wildman–Crippen MR) is 233 cm³/mol. The molecule has 6 aromatic carbocycles. The fourth-order valence-electron chi connectivity index (χ4n) is 6.96. The molecule has 0 bridgehead atoms. The average molecular weight is 728 g/mol. The van der Waals surface area contributed by atoms with Crippen LogP contribution in [0.5, 0.6) is 0 Å². The average Bonchev–Trinajstić information content (AvgIpc) is 3.69. The molecule has 1 heterocycles. The molecule has 1 aliphatic carbocycles. The molecule has 0 fully saturated rings. The normalized spacial score (nSPS) is 13.0. The van der Waals surface area contributed by atoms with Crippen molar-refractivity contribution in [1.82, 2.24) is 15.0 Å². The summed E-state index contributed by atoms with van der Waals surface area (Å²) in [6, 6.07) is 52.4. The van der Waals surface area contributed by atoms with Crippen molar-refractivity contribution in [3.05, 3.63) is 200 Å². The van der Waals surface area contributed by atoms with Crippen LogP contribution in [0.1, 0.15) is 12.8 Å². The number of anilines is 4. The lowest BCUT2D eigenvalue weighted by Crippen LogP contribution is -2.24. The summed E-state index contributed by atoms with van der Waals surface area (Å²) in [5, 5.41) is 25.9. The van der Waals surface area contributed by atoms with Gasteiger partial charge in [0.1, 0.15) is 11.0 Å². The summed E-state index contributed by atoms with van der Waals surface area (Å²) in [5.41, 5.74) is 12.9. The van der Waals surface area contributed by atoms with Crippen molar-refractivity contribution >= 4 is 45.2 Å². The van der Waals surface area contributed by atoms with E-state index in [4.69, 9.17) is 21.0 Å². The van der Waals surface area contributed by atoms with Crippen LogP contribution in [0.2, 0.25) is 0 Å². The Hall–Kier alpha value is -7.38. The van der Waals surface area contributed by atoms with Crippen LogP contribution in [0.25, 0.3) is 39.0 Å². The van der Waals surface area contributed by atoms with Gasteiger partial charge in [-0.05, 0) is 114 Å². The lowest BCUT2D eigenvalue weighted by atomic mass is 9.97. The molecule has 0 unspecified atom stereocenters. The topological polar surface area (TPSA) is 84.9 Å². The van der Waals surface area contributed by atoms with Gasteiger partial charge in [-0.3, -0.25) is 5.41 Å². The predicted octanol–water partition coefficient (Wildman–Crippen LogP) is 12.0. The standard InChI is InChI=1S/C49H41N7/c1-2-3-4-5-12-32-54(44-29-31-48-49(35-44)53-56(52-48)43-18-10-7-11-19-43)40-24-20-36(21-25-40)38-14-13-15-39(33-38)37-22-26-42(27-23-37)55(41-16-8-6-9-17-41)45-28-30-46(50)47(51)34-45/h2-27,29,31,33-35,50-51H,1,28,30,32H2/b4-3-,12-5-,50-46?,51-47?. The Bertz CT molecular complexity index is 2600. The summed E-state index contributed by atoms with van der Waals surface area (Å²) in [4.78, 5) is 6.16. The largest absolute Gasteiger partial charge is 0.338 e. The third kappa shape index (κ3) is 7.79. The Morgan fingerprint density at radius 1 is 0.571 bits per heavy atom. The van der Waals surface area contributed by atoms with Crippen LogP contribution >= 0.6 is 0 Å². The van der Waals surface area contributed by atoms with Gasteiger partial charge in [0.05, 0.1) is 17.1 Å². The molecule has 7 aromatic rings. The number of nitrogens with one attached hydrogen (secondary N) is 2. The van der Waals surface area contributed by atoms with E-state index in [2.05, 4.69) is 120 Å².